The van der Waals surface area contributed by atoms with Crippen molar-refractivity contribution in [3.8, 4) is 0 Å². The van der Waals surface area contributed by atoms with Crippen molar-refractivity contribution >= 4 is 5.91 Å². The standard InChI is InChI=1S/C13H23N3O2/c1-10-8-11(16(4)15-10)12(18)14-9-13(2,3)6-5-7-17/h8,17H,5-7,9H2,1-4H3,(H,14,18). The molecule has 0 fully saturated rings. The van der Waals surface area contributed by atoms with Crippen molar-refractivity contribution in [2.45, 2.75) is 33.6 Å². The van der Waals surface area contributed by atoms with Gasteiger partial charge in [-0.2, -0.15) is 5.10 Å². The van der Waals surface area contributed by atoms with Crippen LogP contribution < -0.4 is 5.32 Å². The molecule has 0 unspecified atom stereocenters. The number of rotatable bonds is 6. The maximum absolute atomic E-state index is 12.0. The van der Waals surface area contributed by atoms with Gasteiger partial charge in [0, 0.05) is 20.2 Å². The number of carbonyl (C=O) groups excluding carboxylic acids is 1. The van der Waals surface area contributed by atoms with Crippen LogP contribution in [0.2, 0.25) is 0 Å². The maximum Gasteiger partial charge on any atom is 0.269 e. The molecular formula is C13H23N3O2. The lowest BCUT2D eigenvalue weighted by atomic mass is 9.88. The zero-order valence-corrected chi connectivity index (χ0v) is 11.7. The molecule has 0 bridgehead atoms. The van der Waals surface area contributed by atoms with Gasteiger partial charge >= 0.3 is 0 Å². The molecule has 0 saturated heterocycles. The minimum Gasteiger partial charge on any atom is -0.396 e. The summed E-state index contributed by atoms with van der Waals surface area (Å²) in [5.74, 6) is -0.102. The van der Waals surface area contributed by atoms with Crippen LogP contribution in [0, 0.1) is 12.3 Å². The molecule has 1 aromatic rings. The van der Waals surface area contributed by atoms with E-state index in [9.17, 15) is 4.79 Å². The first-order valence-electron chi connectivity index (χ1n) is 6.25. The van der Waals surface area contributed by atoms with E-state index in [1.807, 2.05) is 6.92 Å². The number of hydrogen-bond donors (Lipinski definition) is 2. The molecule has 18 heavy (non-hydrogen) atoms. The minimum absolute atomic E-state index is 0.00791. The van der Waals surface area contributed by atoms with Gasteiger partial charge in [-0.25, -0.2) is 0 Å². The number of nitrogens with zero attached hydrogens (tertiary/aromatic N) is 2. The van der Waals surface area contributed by atoms with E-state index in [-0.39, 0.29) is 17.9 Å². The number of hydrogen-bond acceptors (Lipinski definition) is 3. The Hall–Kier alpha value is -1.36. The molecule has 0 atom stereocenters. The molecular weight excluding hydrogens is 230 g/mol. The van der Waals surface area contributed by atoms with Crippen molar-refractivity contribution in [3.05, 3.63) is 17.5 Å². The van der Waals surface area contributed by atoms with Gasteiger partial charge in [0.2, 0.25) is 0 Å². The average molecular weight is 253 g/mol. The van der Waals surface area contributed by atoms with E-state index in [1.165, 1.54) is 0 Å². The SMILES string of the molecule is Cc1cc(C(=O)NCC(C)(C)CCCO)n(C)n1. The summed E-state index contributed by atoms with van der Waals surface area (Å²) in [5.41, 5.74) is 1.40. The molecule has 0 spiro atoms. The van der Waals surface area contributed by atoms with Gasteiger partial charge in [-0.15, -0.1) is 0 Å². The topological polar surface area (TPSA) is 67.2 Å². The van der Waals surface area contributed by atoms with E-state index in [1.54, 1.807) is 17.8 Å². The second kappa shape index (κ2) is 6.00. The number of carbonyl (C=O) groups is 1. The van der Waals surface area contributed by atoms with Crippen molar-refractivity contribution in [2.24, 2.45) is 12.5 Å². The Balaban J connectivity index is 2.53. The lowest BCUT2D eigenvalue weighted by molar-refractivity contribution is 0.0923. The van der Waals surface area contributed by atoms with Crippen molar-refractivity contribution in [3.63, 3.8) is 0 Å². The highest BCUT2D eigenvalue weighted by atomic mass is 16.2. The third-order valence-corrected chi connectivity index (χ3v) is 2.97. The Bertz CT molecular complexity index is 410. The Morgan fingerprint density at radius 2 is 2.22 bits per heavy atom. The summed E-state index contributed by atoms with van der Waals surface area (Å²) < 4.78 is 1.59. The minimum atomic E-state index is -0.102. The van der Waals surface area contributed by atoms with E-state index in [2.05, 4.69) is 24.3 Å². The van der Waals surface area contributed by atoms with Crippen molar-refractivity contribution in [1.82, 2.24) is 15.1 Å². The first-order chi connectivity index (χ1) is 8.35. The Morgan fingerprint density at radius 1 is 1.56 bits per heavy atom. The van der Waals surface area contributed by atoms with Crippen molar-refractivity contribution in [1.29, 1.82) is 0 Å². The van der Waals surface area contributed by atoms with Gasteiger partial charge in [0.15, 0.2) is 0 Å². The third-order valence-electron chi connectivity index (χ3n) is 2.97. The molecule has 0 aliphatic heterocycles. The van der Waals surface area contributed by atoms with Gasteiger partial charge in [-0.3, -0.25) is 9.48 Å². The lowest BCUT2D eigenvalue weighted by Gasteiger charge is -2.24. The predicted octanol–water partition coefficient (Wildman–Crippen LogP) is 1.26. The molecule has 1 rings (SSSR count). The zero-order valence-electron chi connectivity index (χ0n) is 11.7. The average Bonchev–Trinajstić information content (AvgIpc) is 2.63. The summed E-state index contributed by atoms with van der Waals surface area (Å²) in [7, 11) is 1.76. The predicted molar refractivity (Wildman–Crippen MR) is 70.4 cm³/mol. The van der Waals surface area contributed by atoms with Crippen molar-refractivity contribution in [2.75, 3.05) is 13.2 Å². The molecule has 1 aromatic heterocycles. The molecule has 5 heteroatoms. The number of nitrogens with one attached hydrogen (secondary N) is 1. The van der Waals surface area contributed by atoms with Crippen LogP contribution in [-0.2, 0) is 7.05 Å². The van der Waals surface area contributed by atoms with Gasteiger partial charge < -0.3 is 10.4 Å². The first kappa shape index (κ1) is 14.7. The molecule has 2 N–H and O–H groups in total. The lowest BCUT2D eigenvalue weighted by Crippen LogP contribution is -2.35. The normalized spacial score (nSPS) is 11.6. The van der Waals surface area contributed by atoms with Crippen LogP contribution in [0.15, 0.2) is 6.07 Å². The van der Waals surface area contributed by atoms with E-state index in [0.29, 0.717) is 12.2 Å². The summed E-state index contributed by atoms with van der Waals surface area (Å²) in [6.07, 6.45) is 1.64. The Labute approximate surface area is 108 Å². The van der Waals surface area contributed by atoms with E-state index >= 15 is 0 Å². The summed E-state index contributed by atoms with van der Waals surface area (Å²) in [6, 6.07) is 1.77. The van der Waals surface area contributed by atoms with Gasteiger partial charge in [0.05, 0.1) is 5.69 Å². The largest absolute Gasteiger partial charge is 0.396 e. The fraction of sp³-hybridized carbons (Fsp3) is 0.692. The quantitative estimate of drug-likeness (QED) is 0.802. The summed E-state index contributed by atoms with van der Waals surface area (Å²) >= 11 is 0. The molecule has 0 aliphatic rings. The zero-order chi connectivity index (χ0) is 13.8. The highest BCUT2D eigenvalue weighted by Crippen LogP contribution is 2.20. The van der Waals surface area contributed by atoms with Crippen LogP contribution in [0.5, 0.6) is 0 Å². The first-order valence-corrected chi connectivity index (χ1v) is 6.25. The third kappa shape index (κ3) is 4.14. The number of aliphatic hydroxyl groups is 1. The molecule has 0 saturated carbocycles. The Kier molecular flexibility index (Phi) is 4.90. The van der Waals surface area contributed by atoms with E-state index in [0.717, 1.165) is 18.5 Å². The summed E-state index contributed by atoms with van der Waals surface area (Å²) in [5, 5.41) is 15.9. The summed E-state index contributed by atoms with van der Waals surface area (Å²) in [4.78, 5) is 12.0. The second-order valence-electron chi connectivity index (χ2n) is 5.47. The van der Waals surface area contributed by atoms with Gasteiger partial charge in [-0.1, -0.05) is 13.8 Å². The molecule has 0 aliphatic carbocycles. The van der Waals surface area contributed by atoms with Crippen molar-refractivity contribution < 1.29 is 9.90 Å². The molecule has 5 nitrogen and oxygen atoms in total. The number of aliphatic hydroxyl groups excluding tert-OH is 1. The fourth-order valence-electron chi connectivity index (χ4n) is 1.88. The molecule has 102 valence electrons. The monoisotopic (exact) mass is 253 g/mol. The highest BCUT2D eigenvalue weighted by molar-refractivity contribution is 5.92. The molecule has 1 heterocycles. The van der Waals surface area contributed by atoms with Crippen LogP contribution >= 0.6 is 0 Å². The Morgan fingerprint density at radius 3 is 2.72 bits per heavy atom. The van der Waals surface area contributed by atoms with Crippen LogP contribution in [0.1, 0.15) is 42.9 Å². The van der Waals surface area contributed by atoms with E-state index in [4.69, 9.17) is 5.11 Å². The highest BCUT2D eigenvalue weighted by Gasteiger charge is 2.20. The smallest absolute Gasteiger partial charge is 0.269 e. The van der Waals surface area contributed by atoms with Gasteiger partial charge in [0.1, 0.15) is 5.69 Å². The van der Waals surface area contributed by atoms with E-state index < -0.39 is 0 Å². The number of amides is 1. The molecule has 0 radical (unpaired) electrons. The van der Waals surface area contributed by atoms with Crippen LogP contribution in [0.3, 0.4) is 0 Å². The molecule has 0 aromatic carbocycles. The maximum atomic E-state index is 12.0. The van der Waals surface area contributed by atoms with Crippen LogP contribution in [0.4, 0.5) is 0 Å². The van der Waals surface area contributed by atoms with Gasteiger partial charge in [0.25, 0.3) is 5.91 Å². The number of aromatic nitrogens is 2. The van der Waals surface area contributed by atoms with Crippen LogP contribution in [-0.4, -0.2) is 33.9 Å². The summed E-state index contributed by atoms with van der Waals surface area (Å²) in [6.45, 7) is 6.81. The van der Waals surface area contributed by atoms with Gasteiger partial charge in [-0.05, 0) is 31.2 Å². The molecule has 1 amide bonds. The van der Waals surface area contributed by atoms with Crippen LogP contribution in [0.25, 0.3) is 0 Å². The fourth-order valence-corrected chi connectivity index (χ4v) is 1.88. The second-order valence-corrected chi connectivity index (χ2v) is 5.47. The number of aryl methyl sites for hydroxylation is 2.